The standard InChI is InChI=1S/C19H16ClNO5/c1-12-2-3-13(8-15(12)20)4-7-19(23)24-10-18(22)21-14-5-6-16-17(9-14)26-11-25-16/h2-9H,10-11H2,1H3,(H,21,22)/b7-4+. The predicted molar refractivity (Wildman–Crippen MR) is 97.4 cm³/mol. The maximum absolute atomic E-state index is 11.9. The Bertz CT molecular complexity index is 878. The molecule has 134 valence electrons. The van der Waals surface area contributed by atoms with E-state index >= 15 is 0 Å². The van der Waals surface area contributed by atoms with E-state index in [9.17, 15) is 9.59 Å². The molecule has 0 spiro atoms. The summed E-state index contributed by atoms with van der Waals surface area (Å²) in [4.78, 5) is 23.6. The van der Waals surface area contributed by atoms with Crippen LogP contribution in [0.15, 0.2) is 42.5 Å². The number of rotatable bonds is 5. The molecule has 0 bridgehead atoms. The predicted octanol–water partition coefficient (Wildman–Crippen LogP) is 3.57. The van der Waals surface area contributed by atoms with E-state index < -0.39 is 18.5 Å². The molecule has 0 aromatic heterocycles. The van der Waals surface area contributed by atoms with Gasteiger partial charge in [-0.25, -0.2) is 4.79 Å². The first-order valence-electron chi connectivity index (χ1n) is 7.82. The van der Waals surface area contributed by atoms with Gasteiger partial charge in [0.05, 0.1) is 0 Å². The van der Waals surface area contributed by atoms with E-state index in [-0.39, 0.29) is 6.79 Å². The van der Waals surface area contributed by atoms with Gasteiger partial charge in [0.1, 0.15) is 0 Å². The molecule has 1 heterocycles. The Morgan fingerprint density at radius 2 is 2.00 bits per heavy atom. The smallest absolute Gasteiger partial charge is 0.331 e. The number of ether oxygens (including phenoxy) is 3. The maximum Gasteiger partial charge on any atom is 0.331 e. The molecule has 1 N–H and O–H groups in total. The number of halogens is 1. The minimum absolute atomic E-state index is 0.156. The molecule has 1 aliphatic rings. The number of carbonyl (C=O) groups excluding carboxylic acids is 2. The summed E-state index contributed by atoms with van der Waals surface area (Å²) in [5.74, 6) is 0.0989. The maximum atomic E-state index is 11.9. The summed E-state index contributed by atoms with van der Waals surface area (Å²) in [6.45, 7) is 1.65. The van der Waals surface area contributed by atoms with Crippen LogP contribution >= 0.6 is 11.6 Å². The van der Waals surface area contributed by atoms with E-state index in [2.05, 4.69) is 5.32 Å². The van der Waals surface area contributed by atoms with Crippen LogP contribution in [0.2, 0.25) is 5.02 Å². The number of anilines is 1. The molecule has 0 fully saturated rings. The summed E-state index contributed by atoms with van der Waals surface area (Å²) in [6, 6.07) is 10.4. The van der Waals surface area contributed by atoms with Gasteiger partial charge >= 0.3 is 5.97 Å². The highest BCUT2D eigenvalue weighted by molar-refractivity contribution is 6.31. The lowest BCUT2D eigenvalue weighted by Gasteiger charge is -2.06. The Morgan fingerprint density at radius 1 is 1.19 bits per heavy atom. The molecule has 0 atom stereocenters. The first-order chi connectivity index (χ1) is 12.5. The van der Waals surface area contributed by atoms with Crippen LogP contribution < -0.4 is 14.8 Å². The molecule has 0 aliphatic carbocycles. The lowest BCUT2D eigenvalue weighted by molar-refractivity contribution is -0.142. The van der Waals surface area contributed by atoms with Crippen LogP contribution in [0, 0.1) is 6.92 Å². The number of fused-ring (bicyclic) bond motifs is 1. The number of aryl methyl sites for hydroxylation is 1. The monoisotopic (exact) mass is 373 g/mol. The molecule has 6 nitrogen and oxygen atoms in total. The summed E-state index contributed by atoms with van der Waals surface area (Å²) >= 11 is 6.02. The number of esters is 1. The Balaban J connectivity index is 1.48. The fraction of sp³-hybridized carbons (Fsp3) is 0.158. The van der Waals surface area contributed by atoms with Crippen LogP contribution in [0.5, 0.6) is 11.5 Å². The van der Waals surface area contributed by atoms with Gasteiger partial charge in [-0.2, -0.15) is 0 Å². The van der Waals surface area contributed by atoms with Crippen LogP contribution in [0.25, 0.3) is 6.08 Å². The van der Waals surface area contributed by atoms with Crippen molar-refractivity contribution in [2.24, 2.45) is 0 Å². The molecule has 0 saturated heterocycles. The van der Waals surface area contributed by atoms with E-state index in [4.69, 9.17) is 25.8 Å². The molecule has 1 amide bonds. The van der Waals surface area contributed by atoms with Crippen LogP contribution in [0.1, 0.15) is 11.1 Å². The van der Waals surface area contributed by atoms with E-state index in [0.717, 1.165) is 11.1 Å². The van der Waals surface area contributed by atoms with Gasteiger partial charge in [0.2, 0.25) is 6.79 Å². The summed E-state index contributed by atoms with van der Waals surface area (Å²) < 4.78 is 15.3. The van der Waals surface area contributed by atoms with E-state index in [1.54, 1.807) is 30.3 Å². The topological polar surface area (TPSA) is 73.9 Å². The molecule has 0 radical (unpaired) electrons. The van der Waals surface area contributed by atoms with Crippen molar-refractivity contribution >= 4 is 35.2 Å². The van der Waals surface area contributed by atoms with Crippen molar-refractivity contribution in [2.75, 3.05) is 18.7 Å². The van der Waals surface area contributed by atoms with Gasteiger partial charge in [-0.05, 0) is 42.3 Å². The van der Waals surface area contributed by atoms with Crippen LogP contribution in [-0.4, -0.2) is 25.3 Å². The molecule has 1 aliphatic heterocycles. The number of amides is 1. The highest BCUT2D eigenvalue weighted by Gasteiger charge is 2.14. The number of hydrogen-bond donors (Lipinski definition) is 1. The summed E-state index contributed by atoms with van der Waals surface area (Å²) in [5, 5.41) is 3.24. The summed E-state index contributed by atoms with van der Waals surface area (Å²) in [5.41, 5.74) is 2.24. The molecule has 0 saturated carbocycles. The van der Waals surface area contributed by atoms with Gasteiger partial charge < -0.3 is 19.5 Å². The van der Waals surface area contributed by atoms with Crippen molar-refractivity contribution < 1.29 is 23.8 Å². The van der Waals surface area contributed by atoms with Gasteiger partial charge in [0, 0.05) is 22.9 Å². The average Bonchev–Trinajstić information content (AvgIpc) is 3.08. The van der Waals surface area contributed by atoms with Crippen LogP contribution in [0.3, 0.4) is 0 Å². The van der Waals surface area contributed by atoms with Crippen LogP contribution in [0.4, 0.5) is 5.69 Å². The van der Waals surface area contributed by atoms with Crippen molar-refractivity contribution in [3.63, 3.8) is 0 Å². The van der Waals surface area contributed by atoms with Gasteiger partial charge in [-0.1, -0.05) is 23.7 Å². The molecular formula is C19H16ClNO5. The molecular weight excluding hydrogens is 358 g/mol. The number of hydrogen-bond acceptors (Lipinski definition) is 5. The minimum atomic E-state index is -0.623. The Kier molecular flexibility index (Phi) is 5.43. The average molecular weight is 374 g/mol. The van der Waals surface area contributed by atoms with Crippen LogP contribution in [-0.2, 0) is 14.3 Å². The number of nitrogens with one attached hydrogen (secondary N) is 1. The fourth-order valence-electron chi connectivity index (χ4n) is 2.23. The molecule has 3 rings (SSSR count). The van der Waals surface area contributed by atoms with Crippen molar-refractivity contribution in [1.29, 1.82) is 0 Å². The molecule has 26 heavy (non-hydrogen) atoms. The Morgan fingerprint density at radius 3 is 2.81 bits per heavy atom. The zero-order valence-electron chi connectivity index (χ0n) is 14.0. The fourth-order valence-corrected chi connectivity index (χ4v) is 2.42. The lowest BCUT2D eigenvalue weighted by atomic mass is 10.1. The zero-order chi connectivity index (χ0) is 18.5. The third-order valence-corrected chi connectivity index (χ3v) is 4.02. The third-order valence-electron chi connectivity index (χ3n) is 3.61. The van der Waals surface area contributed by atoms with Gasteiger partial charge in [0.15, 0.2) is 18.1 Å². The van der Waals surface area contributed by atoms with Crippen molar-refractivity contribution in [3.05, 3.63) is 58.6 Å². The second-order valence-electron chi connectivity index (χ2n) is 5.57. The van der Waals surface area contributed by atoms with Crippen molar-refractivity contribution in [1.82, 2.24) is 0 Å². The Hall–Kier alpha value is -2.99. The first-order valence-corrected chi connectivity index (χ1v) is 8.19. The number of benzene rings is 2. The lowest BCUT2D eigenvalue weighted by Crippen LogP contribution is -2.20. The van der Waals surface area contributed by atoms with Crippen molar-refractivity contribution in [3.8, 4) is 11.5 Å². The SMILES string of the molecule is Cc1ccc(/C=C/C(=O)OCC(=O)Nc2ccc3c(c2)OCO3)cc1Cl. The molecule has 2 aromatic carbocycles. The third kappa shape index (κ3) is 4.55. The second-order valence-corrected chi connectivity index (χ2v) is 5.97. The summed E-state index contributed by atoms with van der Waals surface area (Å²) in [6.07, 6.45) is 2.82. The number of carbonyl (C=O) groups is 2. The highest BCUT2D eigenvalue weighted by atomic mass is 35.5. The van der Waals surface area contributed by atoms with E-state index in [1.807, 2.05) is 19.1 Å². The minimum Gasteiger partial charge on any atom is -0.454 e. The van der Waals surface area contributed by atoms with Gasteiger partial charge in [-0.15, -0.1) is 0 Å². The zero-order valence-corrected chi connectivity index (χ0v) is 14.7. The van der Waals surface area contributed by atoms with E-state index in [0.29, 0.717) is 22.2 Å². The van der Waals surface area contributed by atoms with E-state index in [1.165, 1.54) is 6.08 Å². The normalized spacial score (nSPS) is 12.2. The molecule has 0 unspecified atom stereocenters. The Labute approximate surface area is 155 Å². The molecule has 7 heteroatoms. The van der Waals surface area contributed by atoms with Gasteiger partial charge in [0.25, 0.3) is 5.91 Å². The summed E-state index contributed by atoms with van der Waals surface area (Å²) in [7, 11) is 0. The molecule has 2 aromatic rings. The van der Waals surface area contributed by atoms with Crippen molar-refractivity contribution in [2.45, 2.75) is 6.92 Å². The largest absolute Gasteiger partial charge is 0.454 e. The quantitative estimate of drug-likeness (QED) is 0.640. The van der Waals surface area contributed by atoms with Gasteiger partial charge in [-0.3, -0.25) is 4.79 Å². The highest BCUT2D eigenvalue weighted by Crippen LogP contribution is 2.34. The second kappa shape index (κ2) is 7.93. The first kappa shape index (κ1) is 17.8.